The molecule has 0 fully saturated rings. The van der Waals surface area contributed by atoms with Crippen LogP contribution >= 0.6 is 15.9 Å². The van der Waals surface area contributed by atoms with Crippen molar-refractivity contribution < 1.29 is 4.79 Å². The average Bonchev–Trinajstić information content (AvgIpc) is 2.18. The van der Waals surface area contributed by atoms with E-state index < -0.39 is 0 Å². The van der Waals surface area contributed by atoms with Crippen LogP contribution in [0.25, 0.3) is 10.9 Å². The van der Waals surface area contributed by atoms with Crippen LogP contribution in [0.15, 0.2) is 22.7 Å². The second kappa shape index (κ2) is 3.70. The maximum atomic E-state index is 11.4. The largest absolute Gasteiger partial charge is 0.293 e. The predicted molar refractivity (Wildman–Crippen MR) is 62.0 cm³/mol. The van der Waals surface area contributed by atoms with Gasteiger partial charge >= 0.3 is 0 Å². The Morgan fingerprint density at radius 2 is 2.07 bits per heavy atom. The summed E-state index contributed by atoms with van der Waals surface area (Å²) in [5.74, 6) is 0.572. The molecule has 76 valence electrons. The molecule has 0 aliphatic heterocycles. The van der Waals surface area contributed by atoms with Gasteiger partial charge in [0.25, 0.3) is 0 Å². The highest BCUT2D eigenvalue weighted by Crippen LogP contribution is 2.24. The quantitative estimate of drug-likeness (QED) is 0.744. The Hall–Kier alpha value is -1.29. The second-order valence-electron chi connectivity index (χ2n) is 3.31. The number of para-hydroxylation sites is 1. The van der Waals surface area contributed by atoms with Gasteiger partial charge in [0.1, 0.15) is 11.5 Å². The molecule has 0 radical (unpaired) electrons. The number of ketones is 1. The van der Waals surface area contributed by atoms with Crippen LogP contribution in [0.2, 0.25) is 0 Å². The Kier molecular flexibility index (Phi) is 2.52. The van der Waals surface area contributed by atoms with E-state index in [-0.39, 0.29) is 5.78 Å². The molecule has 0 unspecified atom stereocenters. The second-order valence-corrected chi connectivity index (χ2v) is 4.17. The molecule has 1 heterocycles. The van der Waals surface area contributed by atoms with Crippen molar-refractivity contribution in [3.8, 4) is 0 Å². The van der Waals surface area contributed by atoms with Gasteiger partial charge in [0.05, 0.1) is 5.52 Å². The first-order valence-corrected chi connectivity index (χ1v) is 5.32. The molecule has 3 nitrogen and oxygen atoms in total. The van der Waals surface area contributed by atoms with Crippen molar-refractivity contribution in [3.63, 3.8) is 0 Å². The van der Waals surface area contributed by atoms with E-state index >= 15 is 0 Å². The summed E-state index contributed by atoms with van der Waals surface area (Å²) in [4.78, 5) is 19.9. The zero-order valence-electron chi connectivity index (χ0n) is 8.41. The smallest absolute Gasteiger partial charge is 0.178 e. The van der Waals surface area contributed by atoms with Crippen molar-refractivity contribution in [2.24, 2.45) is 0 Å². The number of hydrogen-bond donors (Lipinski definition) is 0. The molecule has 2 aromatic rings. The molecule has 0 aliphatic carbocycles. The van der Waals surface area contributed by atoms with Crippen molar-refractivity contribution in [2.45, 2.75) is 13.8 Å². The number of aromatic nitrogens is 2. The van der Waals surface area contributed by atoms with Crippen molar-refractivity contribution in [1.82, 2.24) is 9.97 Å². The number of nitrogens with zero attached hydrogens (tertiary/aromatic N) is 2. The molecular formula is C11H9BrN2O. The number of halogens is 1. The van der Waals surface area contributed by atoms with Crippen LogP contribution in [0.5, 0.6) is 0 Å². The van der Waals surface area contributed by atoms with E-state index in [4.69, 9.17) is 0 Å². The van der Waals surface area contributed by atoms with E-state index in [1.54, 1.807) is 6.92 Å². The van der Waals surface area contributed by atoms with Gasteiger partial charge < -0.3 is 0 Å². The summed E-state index contributed by atoms with van der Waals surface area (Å²) in [5, 5.41) is 0.794. The Labute approximate surface area is 95.7 Å². The monoisotopic (exact) mass is 264 g/mol. The molecule has 0 saturated heterocycles. The van der Waals surface area contributed by atoms with Crippen LogP contribution < -0.4 is 0 Å². The lowest BCUT2D eigenvalue weighted by molar-refractivity contribution is 0.101. The number of benzene rings is 1. The Morgan fingerprint density at radius 1 is 1.33 bits per heavy atom. The van der Waals surface area contributed by atoms with Crippen LogP contribution in [0, 0.1) is 6.92 Å². The summed E-state index contributed by atoms with van der Waals surface area (Å²) in [6, 6.07) is 5.63. The number of rotatable bonds is 1. The Morgan fingerprint density at radius 3 is 2.73 bits per heavy atom. The number of Topliss-reactive ketones (excluding diaryl/α,β-unsaturated/α-hetero) is 1. The van der Waals surface area contributed by atoms with E-state index in [0.29, 0.717) is 11.5 Å². The van der Waals surface area contributed by atoms with Crippen LogP contribution in [0.1, 0.15) is 23.2 Å². The predicted octanol–water partition coefficient (Wildman–Crippen LogP) is 2.90. The summed E-state index contributed by atoms with van der Waals surface area (Å²) >= 11 is 3.41. The van der Waals surface area contributed by atoms with Crippen LogP contribution in [-0.4, -0.2) is 15.8 Å². The number of carbonyl (C=O) groups is 1. The average molecular weight is 265 g/mol. The third-order valence-corrected chi connectivity index (χ3v) is 2.76. The standard InChI is InChI=1S/C11H9BrN2O/c1-6(15)10-8-4-3-5-9(12)11(8)14-7(2)13-10/h3-5H,1-2H3. The normalized spacial score (nSPS) is 10.6. The van der Waals surface area contributed by atoms with Gasteiger partial charge in [-0.25, -0.2) is 9.97 Å². The molecule has 0 amide bonds. The Bertz CT molecular complexity index is 552. The SMILES string of the molecule is CC(=O)c1nc(C)nc2c(Br)cccc12. The zero-order valence-corrected chi connectivity index (χ0v) is 10.00. The fourth-order valence-corrected chi connectivity index (χ4v) is 1.95. The highest BCUT2D eigenvalue weighted by atomic mass is 79.9. The fraction of sp³-hybridized carbons (Fsp3) is 0.182. The van der Waals surface area contributed by atoms with Crippen LogP contribution in [-0.2, 0) is 0 Å². The number of hydrogen-bond acceptors (Lipinski definition) is 3. The minimum absolute atomic E-state index is 0.0383. The zero-order chi connectivity index (χ0) is 11.0. The molecule has 0 aliphatic rings. The van der Waals surface area contributed by atoms with Crippen molar-refractivity contribution in [3.05, 3.63) is 34.2 Å². The third-order valence-electron chi connectivity index (χ3n) is 2.12. The van der Waals surface area contributed by atoms with Gasteiger partial charge in [-0.05, 0) is 28.9 Å². The highest BCUT2D eigenvalue weighted by molar-refractivity contribution is 9.10. The molecular weight excluding hydrogens is 256 g/mol. The van der Waals surface area contributed by atoms with Crippen molar-refractivity contribution in [2.75, 3.05) is 0 Å². The number of aryl methyl sites for hydroxylation is 1. The molecule has 15 heavy (non-hydrogen) atoms. The molecule has 1 aromatic heterocycles. The summed E-state index contributed by atoms with van der Waals surface area (Å²) in [6.45, 7) is 3.30. The highest BCUT2D eigenvalue weighted by Gasteiger charge is 2.10. The molecule has 0 N–H and O–H groups in total. The molecule has 1 aromatic carbocycles. The van der Waals surface area contributed by atoms with Gasteiger partial charge in [-0.15, -0.1) is 0 Å². The van der Waals surface area contributed by atoms with Crippen molar-refractivity contribution >= 4 is 32.6 Å². The van der Waals surface area contributed by atoms with E-state index in [9.17, 15) is 4.79 Å². The number of fused-ring (bicyclic) bond motifs is 1. The van der Waals surface area contributed by atoms with Gasteiger partial charge in [0.15, 0.2) is 5.78 Å². The lowest BCUT2D eigenvalue weighted by Crippen LogP contribution is -2.02. The van der Waals surface area contributed by atoms with E-state index in [0.717, 1.165) is 15.4 Å². The summed E-state index contributed by atoms with van der Waals surface area (Å²) in [7, 11) is 0. The van der Waals surface area contributed by atoms with Gasteiger partial charge in [-0.3, -0.25) is 4.79 Å². The number of carbonyl (C=O) groups excluding carboxylic acids is 1. The molecule has 0 saturated carbocycles. The van der Waals surface area contributed by atoms with E-state index in [2.05, 4.69) is 25.9 Å². The third kappa shape index (κ3) is 1.77. The summed E-state index contributed by atoms with van der Waals surface area (Å²) in [6.07, 6.45) is 0. The summed E-state index contributed by atoms with van der Waals surface area (Å²) < 4.78 is 0.882. The minimum Gasteiger partial charge on any atom is -0.293 e. The van der Waals surface area contributed by atoms with E-state index in [1.807, 2.05) is 18.2 Å². The van der Waals surface area contributed by atoms with Gasteiger partial charge in [0.2, 0.25) is 0 Å². The molecule has 4 heteroatoms. The molecule has 0 atom stereocenters. The lowest BCUT2D eigenvalue weighted by atomic mass is 10.1. The fourth-order valence-electron chi connectivity index (χ4n) is 1.50. The van der Waals surface area contributed by atoms with Crippen molar-refractivity contribution in [1.29, 1.82) is 0 Å². The van der Waals surface area contributed by atoms with E-state index in [1.165, 1.54) is 6.92 Å². The Balaban J connectivity index is 2.92. The first kappa shape index (κ1) is 10.2. The van der Waals surface area contributed by atoms with Gasteiger partial charge in [-0.1, -0.05) is 12.1 Å². The van der Waals surface area contributed by atoms with Crippen LogP contribution in [0.3, 0.4) is 0 Å². The molecule has 2 rings (SSSR count). The van der Waals surface area contributed by atoms with Crippen LogP contribution in [0.4, 0.5) is 0 Å². The van der Waals surface area contributed by atoms with Gasteiger partial charge in [0, 0.05) is 16.8 Å². The first-order chi connectivity index (χ1) is 7.09. The lowest BCUT2D eigenvalue weighted by Gasteiger charge is -2.04. The minimum atomic E-state index is -0.0383. The maximum absolute atomic E-state index is 11.4. The molecule has 0 spiro atoms. The summed E-state index contributed by atoms with van der Waals surface area (Å²) in [5.41, 5.74) is 1.27. The van der Waals surface area contributed by atoms with Gasteiger partial charge in [-0.2, -0.15) is 0 Å². The maximum Gasteiger partial charge on any atom is 0.178 e. The topological polar surface area (TPSA) is 42.9 Å². The first-order valence-electron chi connectivity index (χ1n) is 4.53. The molecule has 0 bridgehead atoms.